The van der Waals surface area contributed by atoms with Gasteiger partial charge in [-0.3, -0.25) is 19.9 Å². The summed E-state index contributed by atoms with van der Waals surface area (Å²) in [6.45, 7) is 6.81. The summed E-state index contributed by atoms with van der Waals surface area (Å²) in [5.41, 5.74) is 5.17. The predicted octanol–water partition coefficient (Wildman–Crippen LogP) is 4.34. The number of ether oxygens (including phenoxy) is 1. The molecule has 1 atom stereocenters. The molecular weight excluding hydrogens is 480 g/mol. The highest BCUT2D eigenvalue weighted by Crippen LogP contribution is 2.31. The predicted molar refractivity (Wildman–Crippen MR) is 144 cm³/mol. The van der Waals surface area contributed by atoms with Gasteiger partial charge in [0.25, 0.3) is 5.91 Å². The molecule has 194 valence electrons. The minimum atomic E-state index is -0.583. The molecule has 2 aromatic carbocycles. The van der Waals surface area contributed by atoms with Gasteiger partial charge in [-0.25, -0.2) is 4.79 Å². The highest BCUT2D eigenvalue weighted by molar-refractivity contribution is 5.98. The van der Waals surface area contributed by atoms with Crippen molar-refractivity contribution in [2.45, 2.75) is 33.4 Å². The molecule has 3 aromatic rings. The first-order valence-corrected chi connectivity index (χ1v) is 12.4. The lowest BCUT2D eigenvalue weighted by atomic mass is 10.0. The molecule has 4 amide bonds. The molecule has 0 unspecified atom stereocenters. The maximum absolute atomic E-state index is 13.4. The van der Waals surface area contributed by atoms with Gasteiger partial charge in [0.05, 0.1) is 24.9 Å². The van der Waals surface area contributed by atoms with Crippen molar-refractivity contribution >= 4 is 18.3 Å². The number of aryl methyl sites for hydroxylation is 1. The molecule has 38 heavy (non-hydrogen) atoms. The second-order valence-electron chi connectivity index (χ2n) is 8.92. The van der Waals surface area contributed by atoms with Gasteiger partial charge in [-0.1, -0.05) is 36.3 Å². The number of fused-ring (bicyclic) bond motifs is 1. The van der Waals surface area contributed by atoms with Crippen molar-refractivity contribution in [2.75, 3.05) is 19.7 Å². The van der Waals surface area contributed by atoms with Crippen LogP contribution in [0, 0.1) is 18.8 Å². The number of hydrogen-bond acceptors (Lipinski definition) is 5. The average molecular weight is 511 g/mol. The Morgan fingerprint density at radius 2 is 2.00 bits per heavy atom. The summed E-state index contributed by atoms with van der Waals surface area (Å²) in [5, 5.41) is 2.23. The van der Waals surface area contributed by atoms with E-state index >= 15 is 0 Å². The molecule has 0 fully saturated rings. The molecule has 1 aliphatic rings. The van der Waals surface area contributed by atoms with E-state index in [4.69, 9.17) is 4.74 Å². The first-order chi connectivity index (χ1) is 18.4. The third-order valence-corrected chi connectivity index (χ3v) is 6.42. The second-order valence-corrected chi connectivity index (χ2v) is 8.92. The van der Waals surface area contributed by atoms with E-state index in [0.717, 1.165) is 27.9 Å². The largest absolute Gasteiger partial charge is 0.494 e. The number of carbonyl (C=O) groups excluding carboxylic acids is 3. The Hall–Kier alpha value is -4.64. The van der Waals surface area contributed by atoms with Crippen molar-refractivity contribution in [3.8, 4) is 28.8 Å². The number of urea groups is 1. The standard InChI is InChI=1S/C30H30N4O4/c1-4-6-15-34(30(37)32-20-35)28(23-9-7-22(8-10-23)27-16-21(3)13-14-31-27)19-33-18-24-11-12-25(38-5-2)17-26(24)29(33)36/h7-14,16-17,20,28H,5,15,18-19H2,1-3H3,(H,32,35,37)/t28-/m0/s1. The van der Waals surface area contributed by atoms with Gasteiger partial charge >= 0.3 is 6.03 Å². The van der Waals surface area contributed by atoms with E-state index in [1.807, 2.05) is 62.4 Å². The summed E-state index contributed by atoms with van der Waals surface area (Å²) >= 11 is 0. The van der Waals surface area contributed by atoms with Gasteiger partial charge < -0.3 is 14.5 Å². The maximum Gasteiger partial charge on any atom is 0.325 e. The molecular formula is C30H30N4O4. The van der Waals surface area contributed by atoms with Crippen LogP contribution in [0.3, 0.4) is 0 Å². The van der Waals surface area contributed by atoms with Gasteiger partial charge in [0.15, 0.2) is 0 Å². The number of carbonyl (C=O) groups is 3. The molecule has 0 saturated heterocycles. The van der Waals surface area contributed by atoms with E-state index < -0.39 is 12.1 Å². The minimum absolute atomic E-state index is 0.0888. The van der Waals surface area contributed by atoms with Crippen LogP contribution in [0.2, 0.25) is 0 Å². The average Bonchev–Trinajstić information content (AvgIpc) is 3.23. The molecule has 1 aliphatic heterocycles. The third kappa shape index (κ3) is 5.84. The zero-order valence-electron chi connectivity index (χ0n) is 21.7. The van der Waals surface area contributed by atoms with Crippen molar-refractivity contribution in [1.29, 1.82) is 0 Å². The van der Waals surface area contributed by atoms with Gasteiger partial charge in [-0.15, -0.1) is 5.92 Å². The summed E-state index contributed by atoms with van der Waals surface area (Å²) in [5.74, 6) is 6.24. The van der Waals surface area contributed by atoms with Crippen molar-refractivity contribution in [3.63, 3.8) is 0 Å². The molecule has 0 aliphatic carbocycles. The summed E-state index contributed by atoms with van der Waals surface area (Å²) in [4.78, 5) is 45.1. The second kappa shape index (κ2) is 12.1. The molecule has 1 aromatic heterocycles. The molecule has 1 N–H and O–H groups in total. The lowest BCUT2D eigenvalue weighted by Gasteiger charge is -2.33. The number of hydrogen-bond donors (Lipinski definition) is 1. The first-order valence-electron chi connectivity index (χ1n) is 12.4. The number of imide groups is 1. The van der Waals surface area contributed by atoms with E-state index in [-0.39, 0.29) is 19.0 Å². The summed E-state index contributed by atoms with van der Waals surface area (Å²) in [6.07, 6.45) is 2.12. The fraction of sp³-hybridized carbons (Fsp3) is 0.267. The van der Waals surface area contributed by atoms with Crippen LogP contribution >= 0.6 is 0 Å². The lowest BCUT2D eigenvalue weighted by Crippen LogP contribution is -2.46. The number of rotatable bonds is 9. The molecule has 0 saturated carbocycles. The van der Waals surface area contributed by atoms with Crippen molar-refractivity contribution in [1.82, 2.24) is 20.1 Å². The van der Waals surface area contributed by atoms with Crippen molar-refractivity contribution in [3.05, 3.63) is 83.0 Å². The van der Waals surface area contributed by atoms with Crippen LogP contribution in [-0.2, 0) is 11.3 Å². The lowest BCUT2D eigenvalue weighted by molar-refractivity contribution is -0.108. The molecule has 8 nitrogen and oxygen atoms in total. The molecule has 0 bridgehead atoms. The number of aromatic nitrogens is 1. The summed E-state index contributed by atoms with van der Waals surface area (Å²) in [7, 11) is 0. The molecule has 0 spiro atoms. The van der Waals surface area contributed by atoms with Crippen molar-refractivity contribution in [2.24, 2.45) is 0 Å². The van der Waals surface area contributed by atoms with E-state index in [9.17, 15) is 14.4 Å². The monoisotopic (exact) mass is 510 g/mol. The Labute approximate surface area is 222 Å². The van der Waals surface area contributed by atoms with E-state index in [1.54, 1.807) is 24.1 Å². The number of benzene rings is 2. The third-order valence-electron chi connectivity index (χ3n) is 6.42. The van der Waals surface area contributed by atoms with E-state index in [1.165, 1.54) is 4.90 Å². The highest BCUT2D eigenvalue weighted by Gasteiger charge is 2.33. The normalized spacial score (nSPS) is 12.7. The molecule has 4 rings (SSSR count). The van der Waals surface area contributed by atoms with Crippen LogP contribution in [0.15, 0.2) is 60.8 Å². The number of nitrogens with one attached hydrogen (secondary N) is 1. The fourth-order valence-corrected chi connectivity index (χ4v) is 4.53. The maximum atomic E-state index is 13.4. The Morgan fingerprint density at radius 3 is 2.68 bits per heavy atom. The van der Waals surface area contributed by atoms with Crippen LogP contribution < -0.4 is 10.1 Å². The van der Waals surface area contributed by atoms with Gasteiger partial charge in [-0.05, 0) is 61.7 Å². The number of nitrogens with zero attached hydrogens (tertiary/aromatic N) is 3. The first kappa shape index (κ1) is 26.4. The van der Waals surface area contributed by atoms with Gasteiger partial charge in [0.2, 0.25) is 6.41 Å². The van der Waals surface area contributed by atoms with Crippen LogP contribution in [0.1, 0.15) is 46.9 Å². The molecule has 0 radical (unpaired) electrons. The van der Waals surface area contributed by atoms with Crippen LogP contribution in [0.5, 0.6) is 5.75 Å². The topological polar surface area (TPSA) is 91.8 Å². The van der Waals surface area contributed by atoms with Gasteiger partial charge in [0.1, 0.15) is 5.75 Å². The number of pyridine rings is 1. The quantitative estimate of drug-likeness (QED) is 0.342. The van der Waals surface area contributed by atoms with Crippen LogP contribution in [0.25, 0.3) is 11.3 Å². The van der Waals surface area contributed by atoms with Gasteiger partial charge in [-0.2, -0.15) is 0 Å². The summed E-state index contributed by atoms with van der Waals surface area (Å²) < 4.78 is 5.58. The van der Waals surface area contributed by atoms with Crippen LogP contribution in [-0.4, -0.2) is 52.8 Å². The van der Waals surface area contributed by atoms with Gasteiger partial charge in [0, 0.05) is 30.4 Å². The Balaban J connectivity index is 1.68. The van der Waals surface area contributed by atoms with Crippen LogP contribution in [0.4, 0.5) is 4.79 Å². The Bertz CT molecular complexity index is 1390. The smallest absolute Gasteiger partial charge is 0.325 e. The van der Waals surface area contributed by atoms with Crippen molar-refractivity contribution < 1.29 is 19.1 Å². The van der Waals surface area contributed by atoms with E-state index in [2.05, 4.69) is 22.1 Å². The number of amides is 4. The zero-order valence-corrected chi connectivity index (χ0v) is 21.7. The molecule has 8 heteroatoms. The zero-order chi connectivity index (χ0) is 27.1. The summed E-state index contributed by atoms with van der Waals surface area (Å²) in [6, 6.07) is 16.1. The fourth-order valence-electron chi connectivity index (χ4n) is 4.53. The minimum Gasteiger partial charge on any atom is -0.494 e. The molecule has 2 heterocycles. The Kier molecular flexibility index (Phi) is 8.39. The SMILES string of the molecule is CC#CCN(C(=O)NC=O)[C@@H](CN1Cc2ccc(OCC)cc2C1=O)c1ccc(-c2cc(C)ccn2)cc1. The highest BCUT2D eigenvalue weighted by atomic mass is 16.5. The Morgan fingerprint density at radius 1 is 1.21 bits per heavy atom. The van der Waals surface area contributed by atoms with E-state index in [0.29, 0.717) is 30.9 Å².